The molecule has 11 heteroatoms. The predicted octanol–water partition coefficient (Wildman–Crippen LogP) is 4.71. The van der Waals surface area contributed by atoms with Gasteiger partial charge in [-0.05, 0) is 30.7 Å². The van der Waals surface area contributed by atoms with E-state index in [0.29, 0.717) is 66.1 Å². The van der Waals surface area contributed by atoms with Crippen LogP contribution in [0.5, 0.6) is 0 Å². The van der Waals surface area contributed by atoms with Crippen LogP contribution in [0, 0.1) is 0 Å². The zero-order chi connectivity index (χ0) is 27.2. The van der Waals surface area contributed by atoms with Gasteiger partial charge in [0.15, 0.2) is 10.3 Å². The predicted molar refractivity (Wildman–Crippen MR) is 162 cm³/mol. The summed E-state index contributed by atoms with van der Waals surface area (Å²) in [6.45, 7) is 8.96. The highest BCUT2D eigenvalue weighted by Crippen LogP contribution is 2.29. The van der Waals surface area contributed by atoms with Crippen molar-refractivity contribution in [1.82, 2.24) is 9.97 Å². The Bertz CT molecular complexity index is 1120. The molecule has 0 spiro atoms. The van der Waals surface area contributed by atoms with Crippen LogP contribution in [-0.4, -0.2) is 102 Å². The van der Waals surface area contributed by atoms with Crippen molar-refractivity contribution < 1.29 is 23.7 Å². The first-order chi connectivity index (χ1) is 19.9. The molecule has 0 radical (unpaired) electrons. The first kappa shape index (κ1) is 29.1. The second-order valence-corrected chi connectivity index (χ2v) is 11.3. The molecular weight excluding hydrogens is 548 g/mol. The molecule has 5 rings (SSSR count). The largest absolute Gasteiger partial charge is 0.379 e. The van der Waals surface area contributed by atoms with Gasteiger partial charge in [0.2, 0.25) is 0 Å². The van der Waals surface area contributed by atoms with E-state index in [1.165, 1.54) is 9.40 Å². The zero-order valence-electron chi connectivity index (χ0n) is 22.9. The van der Waals surface area contributed by atoms with Gasteiger partial charge in [0.05, 0.1) is 79.9 Å². The third kappa shape index (κ3) is 8.81. The topological polar surface area (TPSA) is 78.4 Å². The molecule has 1 aliphatic heterocycles. The zero-order valence-corrected chi connectivity index (χ0v) is 24.5. The third-order valence-corrected chi connectivity index (χ3v) is 8.65. The van der Waals surface area contributed by atoms with Gasteiger partial charge in [-0.2, -0.15) is 0 Å². The molecule has 0 unspecified atom stereocenters. The molecule has 0 N–H and O–H groups in total. The van der Waals surface area contributed by atoms with Crippen LogP contribution in [0.15, 0.2) is 48.5 Å². The lowest BCUT2D eigenvalue weighted by Crippen LogP contribution is -2.32. The summed E-state index contributed by atoms with van der Waals surface area (Å²) in [4.78, 5) is 14.2. The fourth-order valence-electron chi connectivity index (χ4n) is 4.34. The molecule has 0 aliphatic carbocycles. The van der Waals surface area contributed by atoms with Crippen LogP contribution >= 0.6 is 22.7 Å². The van der Waals surface area contributed by atoms with Crippen LogP contribution in [0.4, 0.5) is 10.3 Å². The van der Waals surface area contributed by atoms with E-state index in [1.807, 2.05) is 18.2 Å². The van der Waals surface area contributed by atoms with Crippen LogP contribution in [0.25, 0.3) is 20.4 Å². The average molecular weight is 587 g/mol. The Hall–Kier alpha value is -2.38. The average Bonchev–Trinajstić information content (AvgIpc) is 3.61. The lowest BCUT2D eigenvalue weighted by molar-refractivity contribution is 0.0150. The second kappa shape index (κ2) is 16.2. The molecule has 1 fully saturated rings. The monoisotopic (exact) mass is 586 g/mol. The number of hydrogen-bond acceptors (Lipinski definition) is 11. The molecule has 216 valence electrons. The summed E-state index contributed by atoms with van der Waals surface area (Å²) in [5.41, 5.74) is 2.05. The van der Waals surface area contributed by atoms with Crippen molar-refractivity contribution in [2.45, 2.75) is 6.42 Å². The van der Waals surface area contributed by atoms with Crippen molar-refractivity contribution in [2.75, 3.05) is 102 Å². The summed E-state index contributed by atoms with van der Waals surface area (Å²) in [6, 6.07) is 16.5. The number of para-hydroxylation sites is 2. The fourth-order valence-corrected chi connectivity index (χ4v) is 6.38. The van der Waals surface area contributed by atoms with Gasteiger partial charge >= 0.3 is 0 Å². The number of anilines is 2. The van der Waals surface area contributed by atoms with E-state index in [9.17, 15) is 0 Å². The Morgan fingerprint density at radius 2 is 0.875 bits per heavy atom. The summed E-state index contributed by atoms with van der Waals surface area (Å²) < 4.78 is 31.6. The number of aromatic nitrogens is 2. The third-order valence-electron chi connectivity index (χ3n) is 6.46. The summed E-state index contributed by atoms with van der Waals surface area (Å²) in [7, 11) is 0. The Balaban J connectivity index is 1.14. The molecule has 9 nitrogen and oxygen atoms in total. The van der Waals surface area contributed by atoms with Crippen molar-refractivity contribution in [3.05, 3.63) is 48.5 Å². The van der Waals surface area contributed by atoms with Crippen LogP contribution in [0.1, 0.15) is 6.42 Å². The van der Waals surface area contributed by atoms with Crippen LogP contribution in [0.2, 0.25) is 0 Å². The molecule has 40 heavy (non-hydrogen) atoms. The van der Waals surface area contributed by atoms with Crippen molar-refractivity contribution in [3.8, 4) is 0 Å². The van der Waals surface area contributed by atoms with Gasteiger partial charge in [-0.15, -0.1) is 0 Å². The fraction of sp³-hybridized carbons (Fsp3) is 0.517. The Labute approximate surface area is 243 Å². The highest BCUT2D eigenvalue weighted by Gasteiger charge is 2.14. The van der Waals surface area contributed by atoms with Gasteiger partial charge in [-0.25, -0.2) is 9.97 Å². The standard InChI is InChI=1S/C29H38N4O5S2/c1-3-8-26-24(6-1)30-28(39-26)32-10-5-14-34-18-22-38-23-21-37-17-13-33(12-16-36-20-19-35-15-11-32)29-31-25-7-2-4-9-27(25)40-29/h1-4,6-9H,5,10-23H2. The van der Waals surface area contributed by atoms with Crippen molar-refractivity contribution in [3.63, 3.8) is 0 Å². The number of fused-ring (bicyclic) bond motifs is 2. The molecule has 0 amide bonds. The van der Waals surface area contributed by atoms with Gasteiger partial charge in [0, 0.05) is 32.8 Å². The van der Waals surface area contributed by atoms with Gasteiger partial charge in [0.1, 0.15) is 0 Å². The molecule has 0 bridgehead atoms. The molecule has 0 atom stereocenters. The summed E-state index contributed by atoms with van der Waals surface area (Å²) in [6.07, 6.45) is 0.910. The normalized spacial score (nSPS) is 18.9. The number of benzene rings is 2. The SMILES string of the molecule is c1ccc2sc(N3CCCOCCOCCOCCN(c4nc5ccccc5s4)CCOCCOCC3)nc2c1. The smallest absolute Gasteiger partial charge is 0.186 e. The molecule has 3 heterocycles. The minimum Gasteiger partial charge on any atom is -0.379 e. The van der Waals surface area contributed by atoms with Gasteiger partial charge in [-0.3, -0.25) is 0 Å². The maximum atomic E-state index is 5.94. The molecule has 1 saturated heterocycles. The van der Waals surface area contributed by atoms with E-state index < -0.39 is 0 Å². The van der Waals surface area contributed by atoms with Gasteiger partial charge in [0.25, 0.3) is 0 Å². The van der Waals surface area contributed by atoms with Crippen molar-refractivity contribution in [1.29, 1.82) is 0 Å². The quantitative estimate of drug-likeness (QED) is 0.332. The maximum absolute atomic E-state index is 5.94. The van der Waals surface area contributed by atoms with E-state index >= 15 is 0 Å². The number of rotatable bonds is 2. The van der Waals surface area contributed by atoms with E-state index in [-0.39, 0.29) is 0 Å². The first-order valence-corrected chi connectivity index (χ1v) is 15.6. The van der Waals surface area contributed by atoms with E-state index in [2.05, 4.69) is 40.1 Å². The lowest BCUT2D eigenvalue weighted by atomic mass is 10.3. The van der Waals surface area contributed by atoms with Crippen LogP contribution in [0.3, 0.4) is 0 Å². The van der Waals surface area contributed by atoms with Crippen LogP contribution in [-0.2, 0) is 23.7 Å². The molecular formula is C29H38N4O5S2. The van der Waals surface area contributed by atoms with Gasteiger partial charge in [-0.1, -0.05) is 46.9 Å². The number of nitrogens with zero attached hydrogens (tertiary/aromatic N) is 4. The summed E-state index contributed by atoms with van der Waals surface area (Å²) in [5.74, 6) is 0. The van der Waals surface area contributed by atoms with Crippen molar-refractivity contribution >= 4 is 53.4 Å². The highest BCUT2D eigenvalue weighted by atomic mass is 32.1. The first-order valence-electron chi connectivity index (χ1n) is 14.0. The number of hydrogen-bond donors (Lipinski definition) is 0. The molecule has 0 saturated carbocycles. The second-order valence-electron chi connectivity index (χ2n) is 9.32. The number of thiazole rings is 2. The molecule has 2 aromatic heterocycles. The van der Waals surface area contributed by atoms with Crippen LogP contribution < -0.4 is 9.80 Å². The van der Waals surface area contributed by atoms with E-state index in [0.717, 1.165) is 53.9 Å². The summed E-state index contributed by atoms with van der Waals surface area (Å²) >= 11 is 3.42. The van der Waals surface area contributed by atoms with Crippen molar-refractivity contribution in [2.24, 2.45) is 0 Å². The molecule has 4 aromatic rings. The Morgan fingerprint density at radius 1 is 0.475 bits per heavy atom. The minimum absolute atomic E-state index is 0.552. The highest BCUT2D eigenvalue weighted by molar-refractivity contribution is 7.22. The maximum Gasteiger partial charge on any atom is 0.186 e. The lowest BCUT2D eigenvalue weighted by Gasteiger charge is -2.22. The van der Waals surface area contributed by atoms with E-state index in [4.69, 9.17) is 33.7 Å². The summed E-state index contributed by atoms with van der Waals surface area (Å²) in [5, 5.41) is 2.01. The Kier molecular flexibility index (Phi) is 11.8. The van der Waals surface area contributed by atoms with Gasteiger partial charge < -0.3 is 33.5 Å². The molecule has 2 aromatic carbocycles. The van der Waals surface area contributed by atoms with E-state index in [1.54, 1.807) is 22.7 Å². The molecule has 1 aliphatic rings. The number of ether oxygens (including phenoxy) is 5. The minimum atomic E-state index is 0.552. The Morgan fingerprint density at radius 3 is 1.35 bits per heavy atom.